The molecule has 7 heteroatoms. The number of nitrogens with one attached hydrogen (secondary N) is 1. The molecule has 0 aromatic carbocycles. The predicted octanol–water partition coefficient (Wildman–Crippen LogP) is 1.36. The molecule has 0 radical (unpaired) electrons. The summed E-state index contributed by atoms with van der Waals surface area (Å²) >= 11 is 0. The normalized spacial score (nSPS) is 11.1. The molecule has 0 saturated carbocycles. The van der Waals surface area contributed by atoms with Gasteiger partial charge in [-0.2, -0.15) is 10.1 Å². The van der Waals surface area contributed by atoms with Gasteiger partial charge in [0.2, 0.25) is 5.95 Å². The smallest absolute Gasteiger partial charge is 0.222 e. The van der Waals surface area contributed by atoms with E-state index in [-0.39, 0.29) is 5.95 Å². The Kier molecular flexibility index (Phi) is 5.11. The zero-order valence-corrected chi connectivity index (χ0v) is 12.0. The zero-order valence-electron chi connectivity index (χ0n) is 12.0. The average Bonchev–Trinajstić information content (AvgIpc) is 2.82. The first kappa shape index (κ1) is 14.5. The number of rotatable bonds is 8. The Morgan fingerprint density at radius 1 is 1.25 bits per heavy atom. The van der Waals surface area contributed by atoms with Crippen molar-refractivity contribution in [1.82, 2.24) is 19.7 Å². The number of hydrogen-bond donors (Lipinski definition) is 3. The number of fused-ring (bicyclic) bond motifs is 1. The Morgan fingerprint density at radius 3 is 2.85 bits per heavy atom. The maximum Gasteiger partial charge on any atom is 0.222 e. The highest BCUT2D eigenvalue weighted by molar-refractivity contribution is 5.85. The Morgan fingerprint density at radius 2 is 2.10 bits per heavy atom. The van der Waals surface area contributed by atoms with E-state index in [0.717, 1.165) is 55.6 Å². The van der Waals surface area contributed by atoms with Crippen LogP contribution in [0.3, 0.4) is 0 Å². The number of nitrogens with zero attached hydrogens (tertiary/aromatic N) is 4. The first-order valence-corrected chi connectivity index (χ1v) is 7.19. The monoisotopic (exact) mass is 277 g/mol. The molecule has 110 valence electrons. The Balaban J connectivity index is 2.18. The molecule has 7 nitrogen and oxygen atoms in total. The molecule has 2 aromatic heterocycles. The minimum absolute atomic E-state index is 0.276. The fourth-order valence-electron chi connectivity index (χ4n) is 2.02. The molecule has 2 rings (SSSR count). The van der Waals surface area contributed by atoms with E-state index in [2.05, 4.69) is 27.3 Å². The highest BCUT2D eigenvalue weighted by Crippen LogP contribution is 2.19. The van der Waals surface area contributed by atoms with Gasteiger partial charge in [0.1, 0.15) is 5.52 Å². The van der Waals surface area contributed by atoms with Gasteiger partial charge in [0.15, 0.2) is 11.3 Å². The second-order valence-electron chi connectivity index (χ2n) is 4.83. The van der Waals surface area contributed by atoms with Crippen LogP contribution in [0.1, 0.15) is 32.6 Å². The molecule has 0 fully saturated rings. The van der Waals surface area contributed by atoms with Crippen LogP contribution in [0.15, 0.2) is 6.20 Å². The first-order chi connectivity index (χ1) is 9.74. The van der Waals surface area contributed by atoms with Crippen LogP contribution in [0, 0.1) is 0 Å². The largest absolute Gasteiger partial charge is 0.368 e. The van der Waals surface area contributed by atoms with Crippen molar-refractivity contribution in [2.75, 3.05) is 24.1 Å². The van der Waals surface area contributed by atoms with E-state index in [9.17, 15) is 0 Å². The van der Waals surface area contributed by atoms with E-state index in [1.54, 1.807) is 0 Å². The van der Waals surface area contributed by atoms with Crippen LogP contribution in [-0.2, 0) is 6.54 Å². The van der Waals surface area contributed by atoms with Crippen LogP contribution in [0.25, 0.3) is 11.0 Å². The lowest BCUT2D eigenvalue weighted by molar-refractivity contribution is 0.566. The summed E-state index contributed by atoms with van der Waals surface area (Å²) in [5.41, 5.74) is 12.8. The molecule has 0 bridgehead atoms. The third-order valence-electron chi connectivity index (χ3n) is 3.09. The van der Waals surface area contributed by atoms with E-state index in [0.29, 0.717) is 6.54 Å². The summed E-state index contributed by atoms with van der Waals surface area (Å²) in [5, 5.41) is 7.82. The fourth-order valence-corrected chi connectivity index (χ4v) is 2.02. The van der Waals surface area contributed by atoms with Crippen molar-refractivity contribution in [1.29, 1.82) is 0 Å². The lowest BCUT2D eigenvalue weighted by Gasteiger charge is -2.05. The molecule has 0 aliphatic carbocycles. The van der Waals surface area contributed by atoms with E-state index >= 15 is 0 Å². The number of nitrogen functional groups attached to an aromatic ring is 1. The van der Waals surface area contributed by atoms with Gasteiger partial charge in [0.05, 0.1) is 6.20 Å². The summed E-state index contributed by atoms with van der Waals surface area (Å²) in [4.78, 5) is 8.47. The van der Waals surface area contributed by atoms with E-state index in [1.807, 2.05) is 10.9 Å². The Bertz CT molecular complexity index is 549. The minimum atomic E-state index is 0.276. The van der Waals surface area contributed by atoms with Gasteiger partial charge in [0, 0.05) is 13.1 Å². The number of aromatic nitrogens is 4. The molecule has 0 aliphatic heterocycles. The summed E-state index contributed by atoms with van der Waals surface area (Å²) in [6.45, 7) is 4.55. The molecule has 0 aliphatic rings. The second kappa shape index (κ2) is 7.04. The van der Waals surface area contributed by atoms with Crippen molar-refractivity contribution in [3.63, 3.8) is 0 Å². The maximum absolute atomic E-state index is 5.74. The van der Waals surface area contributed by atoms with Crippen molar-refractivity contribution >= 4 is 22.8 Å². The molecule has 0 amide bonds. The lowest BCUT2D eigenvalue weighted by Crippen LogP contribution is -2.06. The van der Waals surface area contributed by atoms with E-state index < -0.39 is 0 Å². The molecule has 2 aromatic rings. The number of hydrogen-bond acceptors (Lipinski definition) is 6. The van der Waals surface area contributed by atoms with Gasteiger partial charge in [-0.3, -0.25) is 4.68 Å². The van der Waals surface area contributed by atoms with Crippen molar-refractivity contribution < 1.29 is 0 Å². The van der Waals surface area contributed by atoms with Crippen molar-refractivity contribution in [3.05, 3.63) is 6.20 Å². The van der Waals surface area contributed by atoms with Crippen LogP contribution in [-0.4, -0.2) is 32.8 Å². The summed E-state index contributed by atoms with van der Waals surface area (Å²) in [6.07, 6.45) is 6.12. The molecule has 0 saturated heterocycles. The summed E-state index contributed by atoms with van der Waals surface area (Å²) in [6, 6.07) is 0. The molecule has 20 heavy (non-hydrogen) atoms. The summed E-state index contributed by atoms with van der Waals surface area (Å²) in [5.74, 6) is 0.997. The Labute approximate surface area is 118 Å². The molecule has 0 unspecified atom stereocenters. The fraction of sp³-hybridized carbons (Fsp3) is 0.615. The number of anilines is 2. The van der Waals surface area contributed by atoms with Crippen molar-refractivity contribution in [2.45, 2.75) is 39.2 Å². The highest BCUT2D eigenvalue weighted by Gasteiger charge is 2.10. The summed E-state index contributed by atoms with van der Waals surface area (Å²) in [7, 11) is 0. The third-order valence-corrected chi connectivity index (χ3v) is 3.09. The minimum Gasteiger partial charge on any atom is -0.368 e. The van der Waals surface area contributed by atoms with E-state index in [1.165, 1.54) is 0 Å². The van der Waals surface area contributed by atoms with Gasteiger partial charge in [0.25, 0.3) is 0 Å². The number of nitrogens with two attached hydrogens (primary N) is 2. The lowest BCUT2D eigenvalue weighted by atomic mass is 10.3. The predicted molar refractivity (Wildman–Crippen MR) is 81.4 cm³/mol. The van der Waals surface area contributed by atoms with Crippen LogP contribution in [0.4, 0.5) is 11.8 Å². The maximum atomic E-state index is 5.74. The van der Waals surface area contributed by atoms with Gasteiger partial charge in [-0.15, -0.1) is 0 Å². The number of aryl methyl sites for hydroxylation is 1. The van der Waals surface area contributed by atoms with Gasteiger partial charge in [-0.25, -0.2) is 4.98 Å². The van der Waals surface area contributed by atoms with Crippen LogP contribution in [0.5, 0.6) is 0 Å². The molecule has 2 heterocycles. The molecular weight excluding hydrogens is 254 g/mol. The molecule has 5 N–H and O–H groups in total. The van der Waals surface area contributed by atoms with Gasteiger partial charge in [-0.1, -0.05) is 13.3 Å². The van der Waals surface area contributed by atoms with Gasteiger partial charge >= 0.3 is 0 Å². The molecule has 0 atom stereocenters. The Hall–Kier alpha value is -1.89. The van der Waals surface area contributed by atoms with Gasteiger partial charge < -0.3 is 16.8 Å². The topological polar surface area (TPSA) is 108 Å². The summed E-state index contributed by atoms with van der Waals surface area (Å²) < 4.78 is 1.89. The average molecular weight is 277 g/mol. The first-order valence-electron chi connectivity index (χ1n) is 7.19. The number of unbranched alkanes of at least 4 members (excludes halogenated alkanes) is 2. The van der Waals surface area contributed by atoms with Crippen LogP contribution in [0.2, 0.25) is 0 Å². The van der Waals surface area contributed by atoms with Crippen molar-refractivity contribution in [2.24, 2.45) is 5.73 Å². The second-order valence-corrected chi connectivity index (χ2v) is 4.83. The SMILES string of the molecule is CCCCNc1nc(N)nc2cn(CCCCN)nc12. The van der Waals surface area contributed by atoms with Crippen molar-refractivity contribution in [3.8, 4) is 0 Å². The van der Waals surface area contributed by atoms with Gasteiger partial charge in [-0.05, 0) is 25.8 Å². The standard InChI is InChI=1S/C13H23N7/c1-2-3-7-16-12-11-10(17-13(15)18-12)9-20(19-11)8-5-4-6-14/h9H,2-8,14H2,1H3,(H3,15,16,17,18). The highest BCUT2D eigenvalue weighted by atomic mass is 15.3. The third kappa shape index (κ3) is 3.57. The quantitative estimate of drug-likeness (QED) is 0.629. The van der Waals surface area contributed by atoms with Crippen LogP contribution >= 0.6 is 0 Å². The molecule has 0 spiro atoms. The molecular formula is C13H23N7. The van der Waals surface area contributed by atoms with Crippen LogP contribution < -0.4 is 16.8 Å². The zero-order chi connectivity index (χ0) is 14.4. The van der Waals surface area contributed by atoms with E-state index in [4.69, 9.17) is 11.5 Å².